The van der Waals surface area contributed by atoms with Gasteiger partial charge in [0.2, 0.25) is 5.91 Å². The predicted octanol–water partition coefficient (Wildman–Crippen LogP) is 5.42. The molecule has 1 aliphatic heterocycles. The molecule has 0 radical (unpaired) electrons. The monoisotopic (exact) mass is 427 g/mol. The van der Waals surface area contributed by atoms with Gasteiger partial charge in [-0.15, -0.1) is 10.2 Å². The molecule has 0 saturated carbocycles. The lowest BCUT2D eigenvalue weighted by Gasteiger charge is -2.30. The number of halogens is 2. The Morgan fingerprint density at radius 3 is 2.79 bits per heavy atom. The van der Waals surface area contributed by atoms with Gasteiger partial charge in [0.25, 0.3) is 0 Å². The Morgan fingerprint density at radius 2 is 1.97 bits per heavy atom. The van der Waals surface area contributed by atoms with E-state index in [9.17, 15) is 9.18 Å². The molecule has 3 aromatic rings. The van der Waals surface area contributed by atoms with Crippen molar-refractivity contribution in [3.05, 3.63) is 76.0 Å². The molecule has 1 saturated heterocycles. The third kappa shape index (κ3) is 4.54. The van der Waals surface area contributed by atoms with E-state index in [1.165, 1.54) is 17.4 Å². The molecule has 29 heavy (non-hydrogen) atoms. The van der Waals surface area contributed by atoms with Crippen molar-refractivity contribution in [1.29, 1.82) is 0 Å². The van der Waals surface area contributed by atoms with Gasteiger partial charge in [0.05, 0.1) is 0 Å². The largest absolute Gasteiger partial charge is 0.338 e. The second-order valence-corrected chi connectivity index (χ2v) is 8.32. The van der Waals surface area contributed by atoms with Crippen molar-refractivity contribution in [3.8, 4) is 10.6 Å². The molecule has 0 aliphatic carbocycles. The molecule has 0 spiro atoms. The van der Waals surface area contributed by atoms with Crippen LogP contribution in [0, 0.1) is 5.82 Å². The summed E-state index contributed by atoms with van der Waals surface area (Å²) >= 11 is 7.54. The molecule has 1 aliphatic rings. The number of benzene rings is 2. The van der Waals surface area contributed by atoms with Crippen LogP contribution in [0.5, 0.6) is 0 Å². The van der Waals surface area contributed by atoms with Crippen LogP contribution in [-0.2, 0) is 4.79 Å². The van der Waals surface area contributed by atoms with Gasteiger partial charge in [-0.25, -0.2) is 4.39 Å². The van der Waals surface area contributed by atoms with Crippen molar-refractivity contribution in [3.63, 3.8) is 0 Å². The molecule has 148 valence electrons. The van der Waals surface area contributed by atoms with Gasteiger partial charge in [-0.2, -0.15) is 0 Å². The van der Waals surface area contributed by atoms with Crippen LogP contribution in [0.4, 0.5) is 4.39 Å². The summed E-state index contributed by atoms with van der Waals surface area (Å²) in [5.41, 5.74) is 1.28. The number of aromatic nitrogens is 2. The molecule has 0 unspecified atom stereocenters. The Balaban J connectivity index is 1.45. The second kappa shape index (κ2) is 8.84. The average Bonchev–Trinajstić information content (AvgIpc) is 3.23. The Bertz CT molecular complexity index is 1050. The maximum Gasteiger partial charge on any atom is 0.246 e. The first kappa shape index (κ1) is 19.7. The number of nitrogens with zero attached hydrogens (tertiary/aromatic N) is 3. The molecular formula is C22H19ClFN3OS. The molecule has 0 N–H and O–H groups in total. The summed E-state index contributed by atoms with van der Waals surface area (Å²) in [5, 5.41) is 10.5. The molecule has 0 bridgehead atoms. The maximum absolute atomic E-state index is 14.0. The van der Waals surface area contributed by atoms with Gasteiger partial charge < -0.3 is 4.90 Å². The first-order chi connectivity index (χ1) is 14.1. The lowest BCUT2D eigenvalue weighted by molar-refractivity contribution is -0.127. The maximum atomic E-state index is 14.0. The molecular weight excluding hydrogens is 409 g/mol. The van der Waals surface area contributed by atoms with Crippen LogP contribution < -0.4 is 0 Å². The van der Waals surface area contributed by atoms with Crippen LogP contribution in [0.1, 0.15) is 29.3 Å². The first-order valence-electron chi connectivity index (χ1n) is 9.41. The standard InChI is InChI=1S/C22H19ClFN3OS/c23-18-9-3-1-6-15(18)11-12-20(28)27-13-5-7-16(14-27)21-25-26-22(29-21)17-8-2-4-10-19(17)24/h1-4,6,8-12,16H,5,7,13-14H2/b12-11+/t16-/m1/s1. The van der Waals surface area contributed by atoms with Crippen molar-refractivity contribution in [2.45, 2.75) is 18.8 Å². The van der Waals surface area contributed by atoms with Crippen LogP contribution in [0.2, 0.25) is 5.02 Å². The lowest BCUT2D eigenvalue weighted by Crippen LogP contribution is -2.38. The SMILES string of the molecule is O=C(/C=C/c1ccccc1Cl)N1CCC[C@@H](c2nnc(-c3ccccc3F)s2)C1. The van der Waals surface area contributed by atoms with E-state index in [0.717, 1.165) is 23.4 Å². The van der Waals surface area contributed by atoms with Gasteiger partial charge >= 0.3 is 0 Å². The van der Waals surface area contributed by atoms with E-state index in [2.05, 4.69) is 10.2 Å². The highest BCUT2D eigenvalue weighted by atomic mass is 35.5. The summed E-state index contributed by atoms with van der Waals surface area (Å²) in [6, 6.07) is 14.0. The summed E-state index contributed by atoms with van der Waals surface area (Å²) in [5.74, 6) is -0.242. The van der Waals surface area contributed by atoms with Crippen molar-refractivity contribution >= 4 is 34.9 Å². The molecule has 1 amide bonds. The number of piperidine rings is 1. The summed E-state index contributed by atoms with van der Waals surface area (Å²) in [4.78, 5) is 14.5. The molecule has 1 fully saturated rings. The third-order valence-corrected chi connectivity index (χ3v) is 6.40. The first-order valence-corrected chi connectivity index (χ1v) is 10.6. The van der Waals surface area contributed by atoms with Crippen LogP contribution in [0.3, 0.4) is 0 Å². The minimum absolute atomic E-state index is 0.0477. The molecule has 2 heterocycles. The highest BCUT2D eigenvalue weighted by Crippen LogP contribution is 2.33. The van der Waals surface area contributed by atoms with Gasteiger partial charge in [-0.1, -0.05) is 53.3 Å². The van der Waals surface area contributed by atoms with Crippen molar-refractivity contribution in [2.75, 3.05) is 13.1 Å². The van der Waals surface area contributed by atoms with E-state index < -0.39 is 0 Å². The summed E-state index contributed by atoms with van der Waals surface area (Å²) in [6.45, 7) is 1.29. The number of amides is 1. The predicted molar refractivity (Wildman–Crippen MR) is 114 cm³/mol. The molecule has 4 nitrogen and oxygen atoms in total. The Labute approximate surface area is 177 Å². The minimum atomic E-state index is -0.305. The van der Waals surface area contributed by atoms with Gasteiger partial charge in [-0.3, -0.25) is 4.79 Å². The van der Waals surface area contributed by atoms with Gasteiger partial charge in [0.1, 0.15) is 10.8 Å². The fourth-order valence-electron chi connectivity index (χ4n) is 3.40. The fraction of sp³-hybridized carbons (Fsp3) is 0.227. The zero-order chi connectivity index (χ0) is 20.2. The smallest absolute Gasteiger partial charge is 0.246 e. The summed E-state index contributed by atoms with van der Waals surface area (Å²) in [7, 11) is 0. The molecule has 4 rings (SSSR count). The van der Waals surface area contributed by atoms with Gasteiger partial charge in [-0.05, 0) is 42.7 Å². The number of hydrogen-bond acceptors (Lipinski definition) is 4. The number of carbonyl (C=O) groups is 1. The average molecular weight is 428 g/mol. The summed E-state index contributed by atoms with van der Waals surface area (Å²) < 4.78 is 14.0. The zero-order valence-electron chi connectivity index (χ0n) is 15.6. The highest BCUT2D eigenvalue weighted by Gasteiger charge is 2.26. The van der Waals surface area contributed by atoms with Crippen LogP contribution in [0.15, 0.2) is 54.6 Å². The second-order valence-electron chi connectivity index (χ2n) is 6.90. The quantitative estimate of drug-likeness (QED) is 0.522. The van der Waals surface area contributed by atoms with Gasteiger partial charge in [0, 0.05) is 35.7 Å². The highest BCUT2D eigenvalue weighted by molar-refractivity contribution is 7.14. The van der Waals surface area contributed by atoms with Crippen LogP contribution in [-0.4, -0.2) is 34.1 Å². The molecule has 1 atom stereocenters. The van der Waals surface area contributed by atoms with E-state index in [4.69, 9.17) is 11.6 Å². The van der Waals surface area contributed by atoms with E-state index in [1.807, 2.05) is 23.1 Å². The van der Waals surface area contributed by atoms with E-state index in [1.54, 1.807) is 36.4 Å². The number of carbonyl (C=O) groups excluding carboxylic acids is 1. The molecule has 2 aromatic carbocycles. The third-order valence-electron chi connectivity index (χ3n) is 4.94. The Morgan fingerprint density at radius 1 is 1.17 bits per heavy atom. The molecule has 1 aromatic heterocycles. The number of hydrogen-bond donors (Lipinski definition) is 0. The van der Waals surface area contributed by atoms with E-state index in [0.29, 0.717) is 28.7 Å². The van der Waals surface area contributed by atoms with Crippen molar-refractivity contribution in [2.24, 2.45) is 0 Å². The number of rotatable bonds is 4. The molecule has 7 heteroatoms. The minimum Gasteiger partial charge on any atom is -0.338 e. The number of likely N-dealkylation sites (tertiary alicyclic amines) is 1. The van der Waals surface area contributed by atoms with Crippen molar-refractivity contribution < 1.29 is 9.18 Å². The lowest BCUT2D eigenvalue weighted by atomic mass is 9.98. The van der Waals surface area contributed by atoms with Gasteiger partial charge in [0.15, 0.2) is 5.01 Å². The Hall–Kier alpha value is -2.57. The topological polar surface area (TPSA) is 46.1 Å². The van der Waals surface area contributed by atoms with Crippen molar-refractivity contribution in [1.82, 2.24) is 15.1 Å². The summed E-state index contributed by atoms with van der Waals surface area (Å²) in [6.07, 6.45) is 5.14. The Kier molecular flexibility index (Phi) is 6.02. The van der Waals surface area contributed by atoms with Crippen LogP contribution >= 0.6 is 22.9 Å². The fourth-order valence-corrected chi connectivity index (χ4v) is 4.59. The van der Waals surface area contributed by atoms with Crippen LogP contribution in [0.25, 0.3) is 16.6 Å². The van der Waals surface area contributed by atoms with E-state index >= 15 is 0 Å². The van der Waals surface area contributed by atoms with E-state index in [-0.39, 0.29) is 17.6 Å². The zero-order valence-corrected chi connectivity index (χ0v) is 17.2. The normalized spacial score (nSPS) is 17.0.